The summed E-state index contributed by atoms with van der Waals surface area (Å²) >= 11 is 0. The number of nitrogens with zero attached hydrogens (tertiary/aromatic N) is 2. The lowest BCUT2D eigenvalue weighted by atomic mass is 10.2. The highest BCUT2D eigenvalue weighted by Crippen LogP contribution is 2.22. The number of hydrogen-bond donors (Lipinski definition) is 0. The van der Waals surface area contributed by atoms with Gasteiger partial charge in [0.1, 0.15) is 18.2 Å². The zero-order chi connectivity index (χ0) is 13.8. The summed E-state index contributed by atoms with van der Waals surface area (Å²) in [6.07, 6.45) is 0. The molecule has 0 atom stereocenters. The van der Waals surface area contributed by atoms with Crippen LogP contribution in [0.3, 0.4) is 0 Å². The molecule has 0 amide bonds. The normalized spacial score (nSPS) is 10.5. The van der Waals surface area contributed by atoms with Crippen LogP contribution in [-0.2, 0) is 11.3 Å². The molecule has 1 heterocycles. The van der Waals surface area contributed by atoms with E-state index in [2.05, 4.69) is 9.97 Å². The van der Waals surface area contributed by atoms with Gasteiger partial charge in [0.25, 0.3) is 0 Å². The molecule has 0 aliphatic heterocycles. The SMILES string of the molecule is COCc1nc(C)cc(Oc2ccc(C)c(F)c2)n1. The van der Waals surface area contributed by atoms with E-state index in [-0.39, 0.29) is 5.82 Å². The van der Waals surface area contributed by atoms with Crippen molar-refractivity contribution in [3.63, 3.8) is 0 Å². The van der Waals surface area contributed by atoms with Gasteiger partial charge in [0.05, 0.1) is 0 Å². The minimum absolute atomic E-state index is 0.305. The van der Waals surface area contributed by atoms with E-state index < -0.39 is 0 Å². The van der Waals surface area contributed by atoms with Crippen molar-refractivity contribution >= 4 is 0 Å². The van der Waals surface area contributed by atoms with E-state index >= 15 is 0 Å². The Bertz CT molecular complexity index is 588. The highest BCUT2D eigenvalue weighted by molar-refractivity contribution is 5.31. The van der Waals surface area contributed by atoms with Gasteiger partial charge in [0.2, 0.25) is 5.88 Å². The molecule has 1 aromatic heterocycles. The van der Waals surface area contributed by atoms with Gasteiger partial charge in [-0.2, -0.15) is 4.98 Å². The molecule has 0 fully saturated rings. The Kier molecular flexibility index (Phi) is 4.06. The average Bonchev–Trinajstić information content (AvgIpc) is 2.33. The summed E-state index contributed by atoms with van der Waals surface area (Å²) < 4.78 is 23.9. The lowest BCUT2D eigenvalue weighted by Crippen LogP contribution is -2.00. The maximum Gasteiger partial charge on any atom is 0.222 e. The summed E-state index contributed by atoms with van der Waals surface area (Å²) in [6, 6.07) is 6.39. The molecule has 0 radical (unpaired) electrons. The summed E-state index contributed by atoms with van der Waals surface area (Å²) in [6.45, 7) is 3.84. The topological polar surface area (TPSA) is 44.2 Å². The molecule has 0 N–H and O–H groups in total. The Morgan fingerprint density at radius 1 is 1.16 bits per heavy atom. The molecule has 19 heavy (non-hydrogen) atoms. The molecule has 0 bridgehead atoms. The molecule has 0 unspecified atom stereocenters. The Labute approximate surface area is 111 Å². The van der Waals surface area contributed by atoms with Crippen LogP contribution in [0.1, 0.15) is 17.1 Å². The number of aromatic nitrogens is 2. The second kappa shape index (κ2) is 5.75. The van der Waals surface area contributed by atoms with Crippen molar-refractivity contribution in [3.8, 4) is 11.6 Å². The third-order valence-corrected chi connectivity index (χ3v) is 2.52. The molecule has 0 spiro atoms. The van der Waals surface area contributed by atoms with E-state index in [1.807, 2.05) is 6.92 Å². The number of methoxy groups -OCH3 is 1. The van der Waals surface area contributed by atoms with Gasteiger partial charge in [-0.25, -0.2) is 9.37 Å². The summed E-state index contributed by atoms with van der Waals surface area (Å²) in [5.74, 6) is 1.01. The maximum atomic E-state index is 13.4. The summed E-state index contributed by atoms with van der Waals surface area (Å²) in [5.41, 5.74) is 1.34. The largest absolute Gasteiger partial charge is 0.439 e. The fourth-order valence-electron chi connectivity index (χ4n) is 1.60. The zero-order valence-corrected chi connectivity index (χ0v) is 11.1. The van der Waals surface area contributed by atoms with Crippen LogP contribution in [0.2, 0.25) is 0 Å². The predicted octanol–water partition coefficient (Wildman–Crippen LogP) is 3.17. The highest BCUT2D eigenvalue weighted by Gasteiger charge is 2.06. The van der Waals surface area contributed by atoms with Crippen molar-refractivity contribution in [1.82, 2.24) is 9.97 Å². The van der Waals surface area contributed by atoms with Crippen molar-refractivity contribution in [2.45, 2.75) is 20.5 Å². The number of rotatable bonds is 4. The van der Waals surface area contributed by atoms with Gasteiger partial charge in [0, 0.05) is 24.9 Å². The van der Waals surface area contributed by atoms with Crippen LogP contribution in [0.25, 0.3) is 0 Å². The number of ether oxygens (including phenoxy) is 2. The van der Waals surface area contributed by atoms with Crippen LogP contribution >= 0.6 is 0 Å². The lowest BCUT2D eigenvalue weighted by molar-refractivity contribution is 0.177. The van der Waals surface area contributed by atoms with E-state index in [9.17, 15) is 4.39 Å². The first-order valence-electron chi connectivity index (χ1n) is 5.86. The fraction of sp³-hybridized carbons (Fsp3) is 0.286. The van der Waals surface area contributed by atoms with E-state index in [1.165, 1.54) is 6.07 Å². The number of hydrogen-bond acceptors (Lipinski definition) is 4. The standard InChI is InChI=1S/C14H15FN2O2/c1-9-4-5-11(7-12(9)15)19-14-6-10(2)16-13(17-14)8-18-3/h4-7H,8H2,1-3H3. The maximum absolute atomic E-state index is 13.4. The Morgan fingerprint density at radius 2 is 1.95 bits per heavy atom. The van der Waals surface area contributed by atoms with Crippen LogP contribution in [-0.4, -0.2) is 17.1 Å². The van der Waals surface area contributed by atoms with Gasteiger partial charge in [-0.1, -0.05) is 6.07 Å². The van der Waals surface area contributed by atoms with Crippen molar-refractivity contribution in [2.75, 3.05) is 7.11 Å². The number of benzene rings is 1. The lowest BCUT2D eigenvalue weighted by Gasteiger charge is -2.08. The van der Waals surface area contributed by atoms with Gasteiger partial charge >= 0.3 is 0 Å². The molecule has 1 aromatic carbocycles. The van der Waals surface area contributed by atoms with Gasteiger partial charge in [-0.15, -0.1) is 0 Å². The molecular weight excluding hydrogens is 247 g/mol. The van der Waals surface area contributed by atoms with E-state index in [0.717, 1.165) is 5.69 Å². The van der Waals surface area contributed by atoms with Gasteiger partial charge in [-0.3, -0.25) is 0 Å². The summed E-state index contributed by atoms with van der Waals surface area (Å²) in [5, 5.41) is 0. The van der Waals surface area contributed by atoms with Crippen LogP contribution in [0.4, 0.5) is 4.39 Å². The first-order chi connectivity index (χ1) is 9.08. The van der Waals surface area contributed by atoms with E-state index in [4.69, 9.17) is 9.47 Å². The third kappa shape index (κ3) is 3.48. The second-order valence-electron chi connectivity index (χ2n) is 4.21. The third-order valence-electron chi connectivity index (χ3n) is 2.52. The van der Waals surface area contributed by atoms with Crippen LogP contribution in [0.15, 0.2) is 24.3 Å². The van der Waals surface area contributed by atoms with Crippen LogP contribution in [0, 0.1) is 19.7 Å². The van der Waals surface area contributed by atoms with Crippen molar-refractivity contribution in [2.24, 2.45) is 0 Å². The minimum Gasteiger partial charge on any atom is -0.439 e. The molecule has 0 saturated carbocycles. The van der Waals surface area contributed by atoms with Gasteiger partial charge < -0.3 is 9.47 Å². The van der Waals surface area contributed by atoms with Crippen molar-refractivity contribution < 1.29 is 13.9 Å². The van der Waals surface area contributed by atoms with Gasteiger partial charge in [0.15, 0.2) is 5.82 Å². The molecule has 0 saturated heterocycles. The predicted molar refractivity (Wildman–Crippen MR) is 68.7 cm³/mol. The molecule has 2 aromatic rings. The molecular formula is C14H15FN2O2. The van der Waals surface area contributed by atoms with Crippen LogP contribution < -0.4 is 4.74 Å². The Morgan fingerprint density at radius 3 is 2.63 bits per heavy atom. The van der Waals surface area contributed by atoms with Gasteiger partial charge in [-0.05, 0) is 25.5 Å². The molecule has 5 heteroatoms. The molecule has 0 aliphatic rings. The number of aryl methyl sites for hydroxylation is 2. The molecule has 0 aliphatic carbocycles. The molecule has 2 rings (SSSR count). The van der Waals surface area contributed by atoms with E-state index in [1.54, 1.807) is 32.2 Å². The second-order valence-corrected chi connectivity index (χ2v) is 4.21. The first-order valence-corrected chi connectivity index (χ1v) is 5.86. The van der Waals surface area contributed by atoms with Crippen LogP contribution in [0.5, 0.6) is 11.6 Å². The van der Waals surface area contributed by atoms with Crippen molar-refractivity contribution in [3.05, 3.63) is 47.2 Å². The zero-order valence-electron chi connectivity index (χ0n) is 11.1. The molecule has 4 nitrogen and oxygen atoms in total. The number of halogens is 1. The van der Waals surface area contributed by atoms with E-state index in [0.29, 0.717) is 29.6 Å². The fourth-order valence-corrected chi connectivity index (χ4v) is 1.60. The molecule has 100 valence electrons. The quantitative estimate of drug-likeness (QED) is 0.849. The first kappa shape index (κ1) is 13.4. The smallest absolute Gasteiger partial charge is 0.222 e. The Hall–Kier alpha value is -2.01. The Balaban J connectivity index is 2.24. The average molecular weight is 262 g/mol. The monoisotopic (exact) mass is 262 g/mol. The summed E-state index contributed by atoms with van der Waals surface area (Å²) in [4.78, 5) is 8.40. The highest BCUT2D eigenvalue weighted by atomic mass is 19.1. The summed E-state index contributed by atoms with van der Waals surface area (Å²) in [7, 11) is 1.57. The van der Waals surface area contributed by atoms with Crippen molar-refractivity contribution in [1.29, 1.82) is 0 Å². The minimum atomic E-state index is -0.305.